The van der Waals surface area contributed by atoms with Gasteiger partial charge >= 0.3 is 6.36 Å². The molecule has 2 fully saturated rings. The Morgan fingerprint density at radius 1 is 1.28 bits per heavy atom. The molecular weight excluding hydrogens is 337 g/mol. The number of benzene rings is 1. The van der Waals surface area contributed by atoms with E-state index < -0.39 is 6.36 Å². The highest BCUT2D eigenvalue weighted by molar-refractivity contribution is 5.80. The van der Waals surface area contributed by atoms with Gasteiger partial charge in [-0.05, 0) is 18.9 Å². The number of para-hydroxylation sites is 1. The number of carbonyl (C=O) groups is 1. The Bertz CT molecular complexity index is 619. The van der Waals surface area contributed by atoms with Crippen LogP contribution >= 0.6 is 0 Å². The molecule has 1 aliphatic heterocycles. The minimum atomic E-state index is -4.75. The first-order chi connectivity index (χ1) is 11.9. The van der Waals surface area contributed by atoms with Gasteiger partial charge in [0, 0.05) is 43.8 Å². The van der Waals surface area contributed by atoms with Gasteiger partial charge in [0.2, 0.25) is 5.91 Å². The predicted molar refractivity (Wildman–Crippen MR) is 83.6 cm³/mol. The van der Waals surface area contributed by atoms with Gasteiger partial charge in [0.15, 0.2) is 0 Å². The average molecular weight is 358 g/mol. The van der Waals surface area contributed by atoms with Crippen molar-refractivity contribution in [2.45, 2.75) is 31.8 Å². The molecule has 0 spiro atoms. The third-order valence-electron chi connectivity index (χ3n) is 4.60. The first-order valence-corrected chi connectivity index (χ1v) is 8.33. The van der Waals surface area contributed by atoms with Gasteiger partial charge in [-0.15, -0.1) is 13.2 Å². The molecule has 1 aliphatic carbocycles. The fraction of sp³-hybridized carbons (Fsp3) is 0.588. The lowest BCUT2D eigenvalue weighted by Gasteiger charge is -2.19. The van der Waals surface area contributed by atoms with Crippen LogP contribution in [0.2, 0.25) is 0 Å². The number of alkyl halides is 3. The normalized spacial score (nSPS) is 24.3. The molecule has 25 heavy (non-hydrogen) atoms. The summed E-state index contributed by atoms with van der Waals surface area (Å²) in [5.74, 6) is -0.874. The fourth-order valence-corrected chi connectivity index (χ4v) is 3.21. The standard InChI is InChI=1S/C17H21F3N2O3/c18-17(19,20)25-15-4-2-1-3-11(15)7-22-8-12(10-23)14(9-22)16(24)21-13-5-6-13/h1-4,12-14,23H,5-10H2,(H,21,24)/t12-,14+/m0/s1. The van der Waals surface area contributed by atoms with E-state index in [4.69, 9.17) is 0 Å². The van der Waals surface area contributed by atoms with Gasteiger partial charge in [-0.1, -0.05) is 18.2 Å². The molecule has 2 aliphatic rings. The van der Waals surface area contributed by atoms with E-state index in [1.54, 1.807) is 12.1 Å². The maximum Gasteiger partial charge on any atom is 0.573 e. The lowest BCUT2D eigenvalue weighted by Crippen LogP contribution is -2.37. The number of carbonyl (C=O) groups excluding carboxylic acids is 1. The number of rotatable bonds is 6. The van der Waals surface area contributed by atoms with Crippen LogP contribution < -0.4 is 10.1 Å². The van der Waals surface area contributed by atoms with Crippen molar-refractivity contribution in [3.8, 4) is 5.75 Å². The Morgan fingerprint density at radius 3 is 2.64 bits per heavy atom. The van der Waals surface area contributed by atoms with Crippen molar-refractivity contribution in [1.82, 2.24) is 10.2 Å². The smallest absolute Gasteiger partial charge is 0.405 e. The van der Waals surface area contributed by atoms with Gasteiger partial charge in [0.25, 0.3) is 0 Å². The zero-order valence-corrected chi connectivity index (χ0v) is 13.6. The second kappa shape index (κ2) is 7.21. The maximum atomic E-state index is 12.5. The van der Waals surface area contributed by atoms with Gasteiger partial charge < -0.3 is 15.2 Å². The molecule has 5 nitrogen and oxygen atoms in total. The van der Waals surface area contributed by atoms with E-state index in [1.807, 2.05) is 4.90 Å². The summed E-state index contributed by atoms with van der Waals surface area (Å²) >= 11 is 0. The molecule has 1 aromatic carbocycles. The van der Waals surface area contributed by atoms with Gasteiger partial charge in [-0.3, -0.25) is 9.69 Å². The van der Waals surface area contributed by atoms with Crippen molar-refractivity contribution in [1.29, 1.82) is 0 Å². The predicted octanol–water partition coefficient (Wildman–Crippen LogP) is 1.90. The summed E-state index contributed by atoms with van der Waals surface area (Å²) in [5.41, 5.74) is 0.403. The van der Waals surface area contributed by atoms with E-state index in [-0.39, 0.29) is 42.7 Å². The number of aliphatic hydroxyl groups is 1. The summed E-state index contributed by atoms with van der Waals surface area (Å²) in [6.45, 7) is 0.972. The average Bonchev–Trinajstić information content (AvgIpc) is 3.25. The minimum Gasteiger partial charge on any atom is -0.405 e. The topological polar surface area (TPSA) is 61.8 Å². The molecule has 8 heteroatoms. The Morgan fingerprint density at radius 2 is 2.00 bits per heavy atom. The number of amides is 1. The molecule has 0 unspecified atom stereocenters. The van der Waals surface area contributed by atoms with E-state index in [0.29, 0.717) is 18.7 Å². The van der Waals surface area contributed by atoms with Crippen LogP contribution in [-0.4, -0.2) is 48.0 Å². The molecule has 3 rings (SSSR count). The molecule has 2 atom stereocenters. The number of halogens is 3. The number of nitrogens with zero attached hydrogens (tertiary/aromatic N) is 1. The molecule has 0 radical (unpaired) electrons. The summed E-state index contributed by atoms with van der Waals surface area (Å²) in [6.07, 6.45) is -2.79. The molecule has 1 saturated carbocycles. The second-order valence-corrected chi connectivity index (χ2v) is 6.68. The molecular formula is C17H21F3N2O3. The van der Waals surface area contributed by atoms with Gasteiger partial charge in [-0.25, -0.2) is 0 Å². The van der Waals surface area contributed by atoms with Gasteiger partial charge in [0.1, 0.15) is 5.75 Å². The molecule has 0 bridgehead atoms. The number of nitrogens with one attached hydrogen (secondary N) is 1. The van der Waals surface area contributed by atoms with Crippen LogP contribution in [0, 0.1) is 11.8 Å². The SMILES string of the molecule is O=C(NC1CC1)[C@@H]1CN(Cc2ccccc2OC(F)(F)F)C[C@H]1CO. The third kappa shape index (κ3) is 4.85. The highest BCUT2D eigenvalue weighted by Gasteiger charge is 2.39. The summed E-state index contributed by atoms with van der Waals surface area (Å²) in [6, 6.07) is 6.22. The first-order valence-electron chi connectivity index (χ1n) is 8.33. The van der Waals surface area contributed by atoms with Gasteiger partial charge in [-0.2, -0.15) is 0 Å². The van der Waals surface area contributed by atoms with Crippen molar-refractivity contribution < 1.29 is 27.8 Å². The van der Waals surface area contributed by atoms with Crippen molar-refractivity contribution in [2.75, 3.05) is 19.7 Å². The molecule has 1 aromatic rings. The van der Waals surface area contributed by atoms with Crippen LogP contribution in [0.25, 0.3) is 0 Å². The summed E-state index contributed by atoms with van der Waals surface area (Å²) < 4.78 is 41.7. The number of ether oxygens (including phenoxy) is 1. The Kier molecular flexibility index (Phi) is 5.19. The highest BCUT2D eigenvalue weighted by Crippen LogP contribution is 2.31. The van der Waals surface area contributed by atoms with Crippen molar-refractivity contribution >= 4 is 5.91 Å². The number of likely N-dealkylation sites (tertiary alicyclic amines) is 1. The molecule has 1 saturated heterocycles. The summed E-state index contributed by atoms with van der Waals surface area (Å²) in [4.78, 5) is 14.2. The largest absolute Gasteiger partial charge is 0.573 e. The quantitative estimate of drug-likeness (QED) is 0.816. The maximum absolute atomic E-state index is 12.5. The molecule has 138 valence electrons. The van der Waals surface area contributed by atoms with Crippen molar-refractivity contribution in [3.05, 3.63) is 29.8 Å². The Hall–Kier alpha value is -1.80. The molecule has 1 heterocycles. The zero-order chi connectivity index (χ0) is 18.0. The van der Waals surface area contributed by atoms with Crippen LogP contribution in [0.4, 0.5) is 13.2 Å². The van der Waals surface area contributed by atoms with E-state index in [1.165, 1.54) is 12.1 Å². The minimum absolute atomic E-state index is 0.0797. The van der Waals surface area contributed by atoms with Crippen LogP contribution in [0.15, 0.2) is 24.3 Å². The van der Waals surface area contributed by atoms with Crippen LogP contribution in [0.1, 0.15) is 18.4 Å². The van der Waals surface area contributed by atoms with Crippen molar-refractivity contribution in [2.24, 2.45) is 11.8 Å². The van der Waals surface area contributed by atoms with Crippen LogP contribution in [-0.2, 0) is 11.3 Å². The van der Waals surface area contributed by atoms with Crippen LogP contribution in [0.5, 0.6) is 5.75 Å². The van der Waals surface area contributed by atoms with E-state index in [2.05, 4.69) is 10.1 Å². The third-order valence-corrected chi connectivity index (χ3v) is 4.60. The monoisotopic (exact) mass is 358 g/mol. The second-order valence-electron chi connectivity index (χ2n) is 6.68. The lowest BCUT2D eigenvalue weighted by atomic mass is 9.96. The highest BCUT2D eigenvalue weighted by atomic mass is 19.4. The van der Waals surface area contributed by atoms with E-state index in [9.17, 15) is 23.1 Å². The van der Waals surface area contributed by atoms with E-state index >= 15 is 0 Å². The molecule has 2 N–H and O–H groups in total. The zero-order valence-electron chi connectivity index (χ0n) is 13.6. The van der Waals surface area contributed by atoms with Gasteiger partial charge in [0.05, 0.1) is 5.92 Å². The molecule has 0 aromatic heterocycles. The number of aliphatic hydroxyl groups excluding tert-OH is 1. The Labute approximate surface area is 143 Å². The Balaban J connectivity index is 1.66. The van der Waals surface area contributed by atoms with E-state index in [0.717, 1.165) is 12.8 Å². The van der Waals surface area contributed by atoms with Crippen LogP contribution in [0.3, 0.4) is 0 Å². The number of hydrogen-bond acceptors (Lipinski definition) is 4. The summed E-state index contributed by atoms with van der Waals surface area (Å²) in [5, 5.41) is 12.5. The van der Waals surface area contributed by atoms with Crippen molar-refractivity contribution in [3.63, 3.8) is 0 Å². The molecule has 1 amide bonds. The first kappa shape index (κ1) is 18.0. The summed E-state index contributed by atoms with van der Waals surface area (Å²) in [7, 11) is 0. The lowest BCUT2D eigenvalue weighted by molar-refractivity contribution is -0.275. The number of hydrogen-bond donors (Lipinski definition) is 2. The fourth-order valence-electron chi connectivity index (χ4n) is 3.21.